The van der Waals surface area contributed by atoms with E-state index in [2.05, 4.69) is 21.1 Å². The summed E-state index contributed by atoms with van der Waals surface area (Å²) in [5.41, 5.74) is 2.15. The molecule has 0 N–H and O–H groups in total. The van der Waals surface area contributed by atoms with Crippen LogP contribution in [0.3, 0.4) is 0 Å². The van der Waals surface area contributed by atoms with Crippen LogP contribution in [-0.2, 0) is 16.6 Å². The Hall–Kier alpha value is -3.19. The second-order valence-electron chi connectivity index (χ2n) is 7.00. The van der Waals surface area contributed by atoms with Gasteiger partial charge < -0.3 is 0 Å². The molecule has 0 aliphatic heterocycles. The SMILES string of the molecule is Cc1nc2nc(N(Cc3cccc(C#N)c3)S(=O)(=O)c3ccc(Cl)cc3)nn2c(C)c1Cl. The van der Waals surface area contributed by atoms with Crippen LogP contribution in [0.15, 0.2) is 53.4 Å². The van der Waals surface area contributed by atoms with Gasteiger partial charge in [-0.05, 0) is 55.8 Å². The van der Waals surface area contributed by atoms with Crippen LogP contribution in [0.4, 0.5) is 5.95 Å². The van der Waals surface area contributed by atoms with E-state index in [-0.39, 0.29) is 23.2 Å². The summed E-state index contributed by atoms with van der Waals surface area (Å²) in [7, 11) is -4.08. The maximum absolute atomic E-state index is 13.6. The first kappa shape index (κ1) is 22.0. The maximum Gasteiger partial charge on any atom is 0.267 e. The minimum atomic E-state index is -4.08. The van der Waals surface area contributed by atoms with Crippen LogP contribution in [0, 0.1) is 25.2 Å². The molecule has 2 aromatic carbocycles. The van der Waals surface area contributed by atoms with Crippen LogP contribution >= 0.6 is 23.2 Å². The number of hydrogen-bond donors (Lipinski definition) is 0. The van der Waals surface area contributed by atoms with Crippen LogP contribution in [0.5, 0.6) is 0 Å². The molecule has 4 rings (SSSR count). The fourth-order valence-corrected chi connectivity index (χ4v) is 4.75. The van der Waals surface area contributed by atoms with Gasteiger partial charge in [-0.2, -0.15) is 14.8 Å². The van der Waals surface area contributed by atoms with E-state index in [9.17, 15) is 13.7 Å². The van der Waals surface area contributed by atoms with Gasteiger partial charge in [-0.25, -0.2) is 17.7 Å². The normalized spacial score (nSPS) is 11.5. The van der Waals surface area contributed by atoms with E-state index >= 15 is 0 Å². The lowest BCUT2D eigenvalue weighted by molar-refractivity contribution is 0.589. The number of hydrogen-bond acceptors (Lipinski definition) is 6. The fraction of sp³-hybridized carbons (Fsp3) is 0.143. The van der Waals surface area contributed by atoms with Crippen molar-refractivity contribution in [3.63, 3.8) is 0 Å². The third-order valence-electron chi connectivity index (χ3n) is 4.81. The van der Waals surface area contributed by atoms with Crippen molar-refractivity contribution in [1.82, 2.24) is 19.6 Å². The summed E-state index contributed by atoms with van der Waals surface area (Å²) in [6, 6.07) is 14.5. The van der Waals surface area contributed by atoms with E-state index in [1.54, 1.807) is 38.1 Å². The van der Waals surface area contributed by atoms with Gasteiger partial charge >= 0.3 is 0 Å². The van der Waals surface area contributed by atoms with Gasteiger partial charge in [0.2, 0.25) is 0 Å². The van der Waals surface area contributed by atoms with Crippen molar-refractivity contribution in [2.45, 2.75) is 25.3 Å². The number of aryl methyl sites for hydroxylation is 2. The predicted molar refractivity (Wildman–Crippen MR) is 121 cm³/mol. The quantitative estimate of drug-likeness (QED) is 0.416. The van der Waals surface area contributed by atoms with E-state index in [4.69, 9.17) is 23.2 Å². The molecule has 11 heteroatoms. The van der Waals surface area contributed by atoms with Crippen LogP contribution in [0.2, 0.25) is 10.0 Å². The molecule has 8 nitrogen and oxygen atoms in total. The Morgan fingerprint density at radius 3 is 2.50 bits per heavy atom. The molecule has 0 saturated heterocycles. The highest BCUT2D eigenvalue weighted by Gasteiger charge is 2.29. The highest BCUT2D eigenvalue weighted by Crippen LogP contribution is 2.27. The Morgan fingerprint density at radius 2 is 1.81 bits per heavy atom. The van der Waals surface area contributed by atoms with Gasteiger partial charge in [-0.1, -0.05) is 35.3 Å². The Labute approximate surface area is 194 Å². The third kappa shape index (κ3) is 4.00. The minimum absolute atomic E-state index is 0.0242. The number of fused-ring (bicyclic) bond motifs is 1. The van der Waals surface area contributed by atoms with E-state index in [0.29, 0.717) is 32.6 Å². The molecule has 0 aliphatic carbocycles. The van der Waals surface area contributed by atoms with E-state index in [0.717, 1.165) is 4.31 Å². The van der Waals surface area contributed by atoms with Crippen molar-refractivity contribution in [3.05, 3.63) is 81.1 Å². The molecule has 0 fully saturated rings. The highest BCUT2D eigenvalue weighted by molar-refractivity contribution is 7.92. The van der Waals surface area contributed by atoms with E-state index < -0.39 is 10.0 Å². The van der Waals surface area contributed by atoms with Gasteiger partial charge in [0.25, 0.3) is 21.7 Å². The van der Waals surface area contributed by atoms with Crippen molar-refractivity contribution in [1.29, 1.82) is 5.26 Å². The summed E-state index contributed by atoms with van der Waals surface area (Å²) in [6.45, 7) is 3.39. The number of rotatable bonds is 5. The van der Waals surface area contributed by atoms with E-state index in [1.807, 2.05) is 0 Å². The second kappa shape index (κ2) is 8.39. The molecule has 0 atom stereocenters. The molecule has 0 saturated carbocycles. The molecular formula is C21H16Cl2N6O2S. The largest absolute Gasteiger partial charge is 0.267 e. The zero-order valence-electron chi connectivity index (χ0n) is 17.0. The molecule has 2 aromatic heterocycles. The summed E-state index contributed by atoms with van der Waals surface area (Å²) in [4.78, 5) is 8.70. The number of aromatic nitrogens is 4. The molecule has 2 heterocycles. The molecule has 32 heavy (non-hydrogen) atoms. The standard InChI is InChI=1S/C21H16Cl2N6O2S/c1-13-19(23)14(2)29-20(25-13)26-21(27-29)28(12-16-5-3-4-15(10-16)11-24)32(30,31)18-8-6-17(22)7-9-18/h3-10H,12H2,1-2H3. The molecule has 0 amide bonds. The van der Waals surface area contributed by atoms with Crippen molar-refractivity contribution >= 4 is 45.0 Å². The zero-order valence-corrected chi connectivity index (χ0v) is 19.3. The van der Waals surface area contributed by atoms with Crippen molar-refractivity contribution in [3.8, 4) is 6.07 Å². The van der Waals surface area contributed by atoms with E-state index in [1.165, 1.54) is 28.8 Å². The second-order valence-corrected chi connectivity index (χ2v) is 9.67. The van der Waals surface area contributed by atoms with Gasteiger partial charge in [-0.3, -0.25) is 0 Å². The fourth-order valence-electron chi connectivity index (χ4n) is 3.15. The number of benzene rings is 2. The predicted octanol–water partition coefficient (Wildman–Crippen LogP) is 4.32. The number of nitriles is 1. The molecule has 0 bridgehead atoms. The van der Waals surface area contributed by atoms with Gasteiger partial charge in [0.15, 0.2) is 0 Å². The van der Waals surface area contributed by atoms with Crippen LogP contribution in [0.25, 0.3) is 5.78 Å². The van der Waals surface area contributed by atoms with Gasteiger partial charge in [0.05, 0.1) is 39.5 Å². The monoisotopic (exact) mass is 486 g/mol. The molecule has 4 aromatic rings. The Balaban J connectivity index is 1.89. The van der Waals surface area contributed by atoms with Gasteiger partial charge in [0, 0.05) is 5.02 Å². The molecule has 0 unspecified atom stereocenters. The number of nitrogens with zero attached hydrogens (tertiary/aromatic N) is 6. The third-order valence-corrected chi connectivity index (χ3v) is 7.35. The van der Waals surface area contributed by atoms with Crippen molar-refractivity contribution in [2.75, 3.05) is 4.31 Å². The Morgan fingerprint density at radius 1 is 1.09 bits per heavy atom. The molecule has 162 valence electrons. The maximum atomic E-state index is 13.6. The lowest BCUT2D eigenvalue weighted by atomic mass is 10.1. The summed E-state index contributed by atoms with van der Waals surface area (Å²) in [6.07, 6.45) is 0. The average molecular weight is 487 g/mol. The van der Waals surface area contributed by atoms with Crippen LogP contribution in [-0.4, -0.2) is 28.0 Å². The lowest BCUT2D eigenvalue weighted by Gasteiger charge is -2.21. The summed E-state index contributed by atoms with van der Waals surface area (Å²) in [5.74, 6) is 0.154. The first-order valence-electron chi connectivity index (χ1n) is 9.37. The first-order valence-corrected chi connectivity index (χ1v) is 11.6. The topological polar surface area (TPSA) is 104 Å². The first-order chi connectivity index (χ1) is 15.2. The Bertz CT molecular complexity index is 1480. The van der Waals surface area contributed by atoms with Crippen LogP contribution < -0.4 is 4.31 Å². The molecule has 0 spiro atoms. The summed E-state index contributed by atoms with van der Waals surface area (Å²) < 4.78 is 29.6. The Kier molecular flexibility index (Phi) is 5.77. The number of sulfonamides is 1. The highest BCUT2D eigenvalue weighted by atomic mass is 35.5. The summed E-state index contributed by atoms with van der Waals surface area (Å²) >= 11 is 12.2. The number of anilines is 1. The lowest BCUT2D eigenvalue weighted by Crippen LogP contribution is -2.31. The molecular weight excluding hydrogens is 471 g/mol. The van der Waals surface area contributed by atoms with Crippen molar-refractivity contribution < 1.29 is 8.42 Å². The molecule has 0 radical (unpaired) electrons. The molecule has 0 aliphatic rings. The minimum Gasteiger partial charge on any atom is -0.228 e. The average Bonchev–Trinajstić information content (AvgIpc) is 3.19. The van der Waals surface area contributed by atoms with Crippen molar-refractivity contribution in [2.24, 2.45) is 0 Å². The number of halogens is 2. The smallest absolute Gasteiger partial charge is 0.228 e. The van der Waals surface area contributed by atoms with Gasteiger partial charge in [-0.15, -0.1) is 5.10 Å². The summed E-state index contributed by atoms with van der Waals surface area (Å²) in [5, 5.41) is 14.4. The van der Waals surface area contributed by atoms with Crippen LogP contribution in [0.1, 0.15) is 22.5 Å². The van der Waals surface area contributed by atoms with Gasteiger partial charge in [0.1, 0.15) is 0 Å². The zero-order chi connectivity index (χ0) is 23.0.